The summed E-state index contributed by atoms with van der Waals surface area (Å²) in [5, 5.41) is 9.23. The van der Waals surface area contributed by atoms with E-state index in [4.69, 9.17) is 12.4 Å². The molecule has 0 bridgehead atoms. The third-order valence-corrected chi connectivity index (χ3v) is 6.47. The molecule has 4 rings (SSSR count). The zero-order chi connectivity index (χ0) is 21.3. The standard InChI is InChI=1S/C19H26BF2N5O3/c20-11-26-6-5-13(19(21,22)10-26)12-3-7-27(8-4-12)17-9-15(25-30-17)23-14-1-2-16(28)24-18(14)29/h9,12-14H,1-8,10-11H2,(H,23,25)(H,24,28,29). The Balaban J connectivity index is 1.31. The maximum atomic E-state index is 14.6. The first kappa shape index (κ1) is 21.1. The fraction of sp³-hybridized carbons (Fsp3) is 0.737. The van der Waals surface area contributed by atoms with Gasteiger partial charge in [0.05, 0.1) is 14.4 Å². The Hall–Kier alpha value is -2.17. The number of alkyl halides is 2. The molecular formula is C19H26BF2N5O3. The molecule has 3 aliphatic rings. The van der Waals surface area contributed by atoms with Gasteiger partial charge in [-0.3, -0.25) is 14.9 Å². The first-order valence-corrected chi connectivity index (χ1v) is 10.5. The second-order valence-electron chi connectivity index (χ2n) is 8.41. The largest absolute Gasteiger partial charge is 0.355 e. The van der Waals surface area contributed by atoms with Crippen LogP contribution in [0.15, 0.2) is 10.6 Å². The molecule has 11 heteroatoms. The third-order valence-electron chi connectivity index (χ3n) is 6.47. The van der Waals surface area contributed by atoms with Gasteiger partial charge in [0.2, 0.25) is 17.7 Å². The lowest BCUT2D eigenvalue weighted by Crippen LogP contribution is -2.52. The lowest BCUT2D eigenvalue weighted by molar-refractivity contribution is -0.133. The molecule has 0 aliphatic carbocycles. The normalized spacial score (nSPS) is 28.4. The summed E-state index contributed by atoms with van der Waals surface area (Å²) in [5.41, 5.74) is 0. The highest BCUT2D eigenvalue weighted by Gasteiger charge is 2.48. The molecule has 162 valence electrons. The zero-order valence-electron chi connectivity index (χ0n) is 16.8. The van der Waals surface area contributed by atoms with Gasteiger partial charge in [-0.15, -0.1) is 0 Å². The molecular weight excluding hydrogens is 395 g/mol. The van der Waals surface area contributed by atoms with Crippen LogP contribution in [0.1, 0.15) is 32.1 Å². The van der Waals surface area contributed by atoms with Crippen molar-refractivity contribution in [1.29, 1.82) is 0 Å². The Labute approximate surface area is 175 Å². The highest BCUT2D eigenvalue weighted by molar-refractivity contribution is 6.08. The molecule has 8 nitrogen and oxygen atoms in total. The average Bonchev–Trinajstić information content (AvgIpc) is 3.18. The molecule has 2 N–H and O–H groups in total. The highest BCUT2D eigenvalue weighted by atomic mass is 19.3. The Bertz CT molecular complexity index is 784. The summed E-state index contributed by atoms with van der Waals surface area (Å²) in [6.07, 6.45) is 2.64. The number of carbonyl (C=O) groups is 2. The van der Waals surface area contributed by atoms with Crippen molar-refractivity contribution in [3.05, 3.63) is 6.07 Å². The lowest BCUT2D eigenvalue weighted by atomic mass is 9.76. The zero-order valence-corrected chi connectivity index (χ0v) is 16.8. The number of hydrogen-bond donors (Lipinski definition) is 2. The van der Waals surface area contributed by atoms with Crippen molar-refractivity contribution in [3.8, 4) is 0 Å². The average molecular weight is 421 g/mol. The monoisotopic (exact) mass is 421 g/mol. The number of imide groups is 1. The van der Waals surface area contributed by atoms with E-state index in [0.717, 1.165) is 0 Å². The molecule has 3 aliphatic heterocycles. The van der Waals surface area contributed by atoms with E-state index in [9.17, 15) is 18.4 Å². The van der Waals surface area contributed by atoms with Crippen LogP contribution < -0.4 is 15.5 Å². The molecule has 1 aromatic rings. The number of rotatable bonds is 5. The maximum Gasteiger partial charge on any atom is 0.263 e. The SMILES string of the molecule is [B]CN1CCC(C2CCN(c3cc(NC4CCC(=O)NC4=O)no3)CC2)C(F)(F)C1. The molecule has 4 heterocycles. The summed E-state index contributed by atoms with van der Waals surface area (Å²) in [6.45, 7) is 1.59. The van der Waals surface area contributed by atoms with Crippen molar-refractivity contribution in [2.24, 2.45) is 11.8 Å². The first-order chi connectivity index (χ1) is 14.4. The van der Waals surface area contributed by atoms with E-state index in [-0.39, 0.29) is 37.1 Å². The number of amides is 2. The maximum absolute atomic E-state index is 14.6. The van der Waals surface area contributed by atoms with Gasteiger partial charge in [0, 0.05) is 31.5 Å². The van der Waals surface area contributed by atoms with Crippen molar-refractivity contribution < 1.29 is 22.9 Å². The molecule has 30 heavy (non-hydrogen) atoms. The number of nitrogens with one attached hydrogen (secondary N) is 2. The van der Waals surface area contributed by atoms with Crippen molar-refractivity contribution >= 4 is 31.4 Å². The predicted molar refractivity (Wildman–Crippen MR) is 106 cm³/mol. The number of nitrogens with zero attached hydrogens (tertiary/aromatic N) is 3. The fourth-order valence-electron chi connectivity index (χ4n) is 4.78. The molecule has 1 aromatic heterocycles. The summed E-state index contributed by atoms with van der Waals surface area (Å²) in [4.78, 5) is 26.7. The van der Waals surface area contributed by atoms with Crippen LogP contribution in [0.5, 0.6) is 0 Å². The van der Waals surface area contributed by atoms with Crippen LogP contribution in [-0.2, 0) is 9.59 Å². The van der Waals surface area contributed by atoms with E-state index in [1.165, 1.54) is 0 Å². The van der Waals surface area contributed by atoms with Gasteiger partial charge in [-0.2, -0.15) is 0 Å². The fourth-order valence-corrected chi connectivity index (χ4v) is 4.78. The molecule has 2 unspecified atom stereocenters. The topological polar surface area (TPSA) is 90.7 Å². The number of aromatic nitrogens is 1. The van der Waals surface area contributed by atoms with E-state index in [2.05, 4.69) is 15.8 Å². The van der Waals surface area contributed by atoms with Crippen LogP contribution in [0.2, 0.25) is 0 Å². The van der Waals surface area contributed by atoms with Gasteiger partial charge >= 0.3 is 0 Å². The second kappa shape index (κ2) is 8.53. The van der Waals surface area contributed by atoms with Gasteiger partial charge in [-0.05, 0) is 44.6 Å². The van der Waals surface area contributed by atoms with E-state index >= 15 is 0 Å². The molecule has 2 atom stereocenters. The molecule has 3 fully saturated rings. The van der Waals surface area contributed by atoms with Crippen LogP contribution in [0, 0.1) is 11.8 Å². The van der Waals surface area contributed by atoms with Gasteiger partial charge in [-0.25, -0.2) is 8.78 Å². The highest BCUT2D eigenvalue weighted by Crippen LogP contribution is 2.42. The Morgan fingerprint density at radius 1 is 1.23 bits per heavy atom. The van der Waals surface area contributed by atoms with Gasteiger partial charge in [0.15, 0.2) is 5.82 Å². The van der Waals surface area contributed by atoms with Crippen LogP contribution in [0.25, 0.3) is 0 Å². The molecule has 0 spiro atoms. The number of anilines is 2. The van der Waals surface area contributed by atoms with Crippen molar-refractivity contribution in [1.82, 2.24) is 15.4 Å². The summed E-state index contributed by atoms with van der Waals surface area (Å²) in [6, 6.07) is 1.17. The van der Waals surface area contributed by atoms with Crippen molar-refractivity contribution in [3.63, 3.8) is 0 Å². The van der Waals surface area contributed by atoms with Gasteiger partial charge < -0.3 is 19.6 Å². The molecule has 2 radical (unpaired) electrons. The minimum absolute atomic E-state index is 0.0276. The van der Waals surface area contributed by atoms with Crippen LogP contribution in [-0.4, -0.2) is 74.3 Å². The van der Waals surface area contributed by atoms with Gasteiger partial charge in [0.1, 0.15) is 6.04 Å². The number of carbonyl (C=O) groups excluding carboxylic acids is 2. The van der Waals surface area contributed by atoms with Crippen LogP contribution in [0.3, 0.4) is 0 Å². The number of piperidine rings is 3. The minimum Gasteiger partial charge on any atom is -0.355 e. The second-order valence-corrected chi connectivity index (χ2v) is 8.41. The molecule has 3 saturated heterocycles. The van der Waals surface area contributed by atoms with Gasteiger partial charge in [-0.1, -0.05) is 5.16 Å². The first-order valence-electron chi connectivity index (χ1n) is 10.5. The third kappa shape index (κ3) is 4.45. The quantitative estimate of drug-likeness (QED) is 0.545. The smallest absolute Gasteiger partial charge is 0.263 e. The molecule has 0 aromatic carbocycles. The van der Waals surface area contributed by atoms with Crippen molar-refractivity contribution in [2.75, 3.05) is 42.8 Å². The summed E-state index contributed by atoms with van der Waals surface area (Å²) in [5.74, 6) is -3.04. The van der Waals surface area contributed by atoms with E-state index in [1.807, 2.05) is 4.90 Å². The van der Waals surface area contributed by atoms with E-state index in [0.29, 0.717) is 57.0 Å². The van der Waals surface area contributed by atoms with E-state index in [1.54, 1.807) is 11.0 Å². The Kier molecular flexibility index (Phi) is 5.99. The Morgan fingerprint density at radius 2 is 2.00 bits per heavy atom. The number of halogens is 2. The summed E-state index contributed by atoms with van der Waals surface area (Å²) in [7, 11) is 5.53. The van der Waals surface area contributed by atoms with Gasteiger partial charge in [0.25, 0.3) is 5.92 Å². The predicted octanol–water partition coefficient (Wildman–Crippen LogP) is 1.19. The molecule has 0 saturated carbocycles. The lowest BCUT2D eigenvalue weighted by Gasteiger charge is -2.44. The number of likely N-dealkylation sites (tertiary alicyclic amines) is 1. The minimum atomic E-state index is -2.71. The summed E-state index contributed by atoms with van der Waals surface area (Å²) < 4.78 is 34.6. The van der Waals surface area contributed by atoms with Crippen LogP contribution >= 0.6 is 0 Å². The number of hydrogen-bond acceptors (Lipinski definition) is 7. The summed E-state index contributed by atoms with van der Waals surface area (Å²) >= 11 is 0. The molecule has 2 amide bonds. The van der Waals surface area contributed by atoms with Crippen molar-refractivity contribution in [2.45, 2.75) is 44.1 Å². The van der Waals surface area contributed by atoms with E-state index < -0.39 is 17.9 Å². The van der Waals surface area contributed by atoms with Crippen LogP contribution in [0.4, 0.5) is 20.5 Å². The Morgan fingerprint density at radius 3 is 2.67 bits per heavy atom.